The van der Waals surface area contributed by atoms with Gasteiger partial charge in [0, 0.05) is 16.6 Å². The monoisotopic (exact) mass is 305 g/mol. The molecule has 0 atom stereocenters. The van der Waals surface area contributed by atoms with Crippen molar-refractivity contribution in [2.75, 3.05) is 6.54 Å². The fraction of sp³-hybridized carbons (Fsp3) is 0.0769. The van der Waals surface area contributed by atoms with E-state index in [0.29, 0.717) is 17.8 Å². The lowest BCUT2D eigenvalue weighted by atomic mass is 10.1. The third kappa shape index (κ3) is 2.87. The van der Waals surface area contributed by atoms with Gasteiger partial charge >= 0.3 is 0 Å². The zero-order valence-electron chi connectivity index (χ0n) is 9.61. The molecule has 92 valence electrons. The van der Waals surface area contributed by atoms with E-state index in [9.17, 15) is 4.79 Å². The van der Waals surface area contributed by atoms with Gasteiger partial charge in [0.1, 0.15) is 0 Å². The van der Waals surface area contributed by atoms with Gasteiger partial charge in [0.05, 0.1) is 17.5 Å². The summed E-state index contributed by atoms with van der Waals surface area (Å²) in [6.45, 7) is 4.05. The van der Waals surface area contributed by atoms with Gasteiger partial charge in [0.2, 0.25) is 0 Å². The van der Waals surface area contributed by atoms with Crippen LogP contribution in [-0.2, 0) is 0 Å². The third-order valence-electron chi connectivity index (χ3n) is 2.39. The van der Waals surface area contributed by atoms with Gasteiger partial charge in [-0.25, -0.2) is 0 Å². The van der Waals surface area contributed by atoms with E-state index in [1.165, 1.54) is 6.20 Å². The van der Waals surface area contributed by atoms with Gasteiger partial charge in [-0.3, -0.25) is 9.89 Å². The first-order valence-electron chi connectivity index (χ1n) is 5.38. The molecule has 1 heterocycles. The van der Waals surface area contributed by atoms with Crippen molar-refractivity contribution in [2.45, 2.75) is 0 Å². The van der Waals surface area contributed by atoms with Crippen LogP contribution >= 0.6 is 15.9 Å². The van der Waals surface area contributed by atoms with Crippen LogP contribution in [-0.4, -0.2) is 22.6 Å². The minimum atomic E-state index is -0.178. The van der Waals surface area contributed by atoms with Crippen LogP contribution in [0.25, 0.3) is 11.3 Å². The number of rotatable bonds is 4. The number of carbonyl (C=O) groups is 1. The first kappa shape index (κ1) is 12.6. The van der Waals surface area contributed by atoms with Crippen LogP contribution in [0.5, 0.6) is 0 Å². The summed E-state index contributed by atoms with van der Waals surface area (Å²) in [6.07, 6.45) is 1.52. The molecular formula is C13H12BrN3O. The lowest BCUT2D eigenvalue weighted by molar-refractivity contribution is 0.0958. The molecule has 0 aliphatic heterocycles. The Balaban J connectivity index is 2.23. The number of halogens is 1. The van der Waals surface area contributed by atoms with Gasteiger partial charge < -0.3 is 5.32 Å². The fourth-order valence-electron chi connectivity index (χ4n) is 1.55. The van der Waals surface area contributed by atoms with E-state index in [1.54, 1.807) is 0 Å². The minimum absolute atomic E-state index is 0.178. The summed E-state index contributed by atoms with van der Waals surface area (Å²) in [6, 6.07) is 9.60. The molecule has 2 rings (SSSR count). The van der Waals surface area contributed by atoms with Crippen LogP contribution in [0.3, 0.4) is 0 Å². The molecule has 2 N–H and O–H groups in total. The summed E-state index contributed by atoms with van der Waals surface area (Å²) in [5.41, 5.74) is 2.17. The van der Waals surface area contributed by atoms with Crippen molar-refractivity contribution < 1.29 is 4.79 Å². The minimum Gasteiger partial charge on any atom is -0.347 e. The van der Waals surface area contributed by atoms with Crippen LogP contribution in [0.2, 0.25) is 0 Å². The largest absolute Gasteiger partial charge is 0.347 e. The highest BCUT2D eigenvalue weighted by Gasteiger charge is 2.14. The van der Waals surface area contributed by atoms with Crippen molar-refractivity contribution in [2.24, 2.45) is 0 Å². The first-order chi connectivity index (χ1) is 8.68. The zero-order valence-corrected chi connectivity index (χ0v) is 11.2. The molecule has 0 bridgehead atoms. The topological polar surface area (TPSA) is 57.8 Å². The van der Waals surface area contributed by atoms with Gasteiger partial charge in [0.15, 0.2) is 0 Å². The van der Waals surface area contributed by atoms with Gasteiger partial charge in [-0.1, -0.05) is 52.8 Å². The van der Waals surface area contributed by atoms with E-state index in [2.05, 4.69) is 38.0 Å². The maximum atomic E-state index is 12.0. The Morgan fingerprint density at radius 3 is 2.78 bits per heavy atom. The molecule has 2 aromatic rings. The van der Waals surface area contributed by atoms with Crippen LogP contribution in [0.4, 0.5) is 0 Å². The SMILES string of the molecule is C=C(Br)CNC(=O)c1cn[nH]c1-c1ccccc1. The number of H-pyrrole nitrogens is 1. The van der Waals surface area contributed by atoms with Gasteiger partial charge in [-0.2, -0.15) is 5.10 Å². The standard InChI is InChI=1S/C13H12BrN3O/c1-9(14)7-15-13(18)11-8-16-17-12(11)10-5-3-2-4-6-10/h2-6,8H,1,7H2,(H,15,18)(H,16,17). The van der Waals surface area contributed by atoms with E-state index in [1.807, 2.05) is 30.3 Å². The molecule has 0 fully saturated rings. The number of amides is 1. The number of nitrogens with zero attached hydrogens (tertiary/aromatic N) is 1. The highest BCUT2D eigenvalue weighted by atomic mass is 79.9. The fourth-order valence-corrected chi connectivity index (χ4v) is 1.69. The summed E-state index contributed by atoms with van der Waals surface area (Å²) in [4.78, 5) is 12.0. The maximum absolute atomic E-state index is 12.0. The van der Waals surface area contributed by atoms with E-state index < -0.39 is 0 Å². The highest BCUT2D eigenvalue weighted by Crippen LogP contribution is 2.20. The molecule has 18 heavy (non-hydrogen) atoms. The molecule has 0 unspecified atom stereocenters. The first-order valence-corrected chi connectivity index (χ1v) is 6.18. The van der Waals surface area contributed by atoms with Crippen molar-refractivity contribution in [1.29, 1.82) is 0 Å². The second-order valence-corrected chi connectivity index (χ2v) is 4.85. The Hall–Kier alpha value is -1.88. The summed E-state index contributed by atoms with van der Waals surface area (Å²) in [5.74, 6) is -0.178. The average molecular weight is 306 g/mol. The Morgan fingerprint density at radius 1 is 1.39 bits per heavy atom. The van der Waals surface area contributed by atoms with Crippen molar-refractivity contribution in [3.05, 3.63) is 53.2 Å². The second kappa shape index (κ2) is 5.64. The van der Waals surface area contributed by atoms with Crippen LogP contribution in [0.1, 0.15) is 10.4 Å². The molecular weight excluding hydrogens is 294 g/mol. The zero-order chi connectivity index (χ0) is 13.0. The summed E-state index contributed by atoms with van der Waals surface area (Å²) < 4.78 is 0.723. The van der Waals surface area contributed by atoms with Crippen LogP contribution in [0.15, 0.2) is 47.6 Å². The molecule has 0 aliphatic rings. The molecule has 0 saturated heterocycles. The Morgan fingerprint density at radius 2 is 2.11 bits per heavy atom. The van der Waals surface area contributed by atoms with Gasteiger partial charge in [0.25, 0.3) is 5.91 Å². The summed E-state index contributed by atoms with van der Waals surface area (Å²) >= 11 is 3.20. The smallest absolute Gasteiger partial charge is 0.255 e. The summed E-state index contributed by atoms with van der Waals surface area (Å²) in [7, 11) is 0. The van der Waals surface area contributed by atoms with E-state index in [4.69, 9.17) is 0 Å². The number of hydrogen-bond acceptors (Lipinski definition) is 2. The third-order valence-corrected chi connectivity index (χ3v) is 2.67. The number of benzene rings is 1. The summed E-state index contributed by atoms with van der Waals surface area (Å²) in [5, 5.41) is 9.52. The molecule has 5 heteroatoms. The Bertz CT molecular complexity index is 563. The molecule has 0 aliphatic carbocycles. The molecule has 0 saturated carbocycles. The highest BCUT2D eigenvalue weighted by molar-refractivity contribution is 9.11. The van der Waals surface area contributed by atoms with E-state index in [-0.39, 0.29) is 5.91 Å². The Kier molecular flexibility index (Phi) is 3.94. The van der Waals surface area contributed by atoms with Crippen molar-refractivity contribution in [3.8, 4) is 11.3 Å². The van der Waals surface area contributed by atoms with E-state index in [0.717, 1.165) is 10.0 Å². The number of carbonyl (C=O) groups excluding carboxylic acids is 1. The molecule has 0 spiro atoms. The molecule has 1 aromatic carbocycles. The number of nitrogens with one attached hydrogen (secondary N) is 2. The molecule has 4 nitrogen and oxygen atoms in total. The van der Waals surface area contributed by atoms with Crippen LogP contribution < -0.4 is 5.32 Å². The van der Waals surface area contributed by atoms with Crippen molar-refractivity contribution >= 4 is 21.8 Å². The van der Waals surface area contributed by atoms with E-state index >= 15 is 0 Å². The normalized spacial score (nSPS) is 10.1. The average Bonchev–Trinajstić information content (AvgIpc) is 2.86. The second-order valence-electron chi connectivity index (χ2n) is 3.72. The number of aromatic nitrogens is 2. The quantitative estimate of drug-likeness (QED) is 0.912. The van der Waals surface area contributed by atoms with Crippen LogP contribution in [0, 0.1) is 0 Å². The molecule has 1 aromatic heterocycles. The number of aromatic amines is 1. The van der Waals surface area contributed by atoms with Crippen molar-refractivity contribution in [3.63, 3.8) is 0 Å². The molecule has 1 amide bonds. The van der Waals surface area contributed by atoms with Gasteiger partial charge in [-0.05, 0) is 0 Å². The number of hydrogen-bond donors (Lipinski definition) is 2. The maximum Gasteiger partial charge on any atom is 0.255 e. The molecule has 0 radical (unpaired) electrons. The predicted molar refractivity (Wildman–Crippen MR) is 74.4 cm³/mol. The lowest BCUT2D eigenvalue weighted by Crippen LogP contribution is -2.24. The lowest BCUT2D eigenvalue weighted by Gasteiger charge is -2.04. The predicted octanol–water partition coefficient (Wildman–Crippen LogP) is 2.72. The Labute approximate surface area is 113 Å². The van der Waals surface area contributed by atoms with Gasteiger partial charge in [-0.15, -0.1) is 0 Å². The van der Waals surface area contributed by atoms with Crippen molar-refractivity contribution in [1.82, 2.24) is 15.5 Å².